The molecule has 1 aliphatic carbocycles. The quantitative estimate of drug-likeness (QED) is 0.883. The predicted molar refractivity (Wildman–Crippen MR) is 72.8 cm³/mol. The molecule has 3 heteroatoms. The van der Waals surface area contributed by atoms with Gasteiger partial charge >= 0.3 is 0 Å². The van der Waals surface area contributed by atoms with Gasteiger partial charge in [0.1, 0.15) is 5.82 Å². The summed E-state index contributed by atoms with van der Waals surface area (Å²) in [6.45, 7) is 1.91. The molecule has 0 saturated heterocycles. The van der Waals surface area contributed by atoms with Gasteiger partial charge in [0.05, 0.1) is 0 Å². The summed E-state index contributed by atoms with van der Waals surface area (Å²) >= 11 is 1.95. The molecule has 2 N–H and O–H groups in total. The monoisotopic (exact) mass is 253 g/mol. The fourth-order valence-electron chi connectivity index (χ4n) is 2.37. The van der Waals surface area contributed by atoms with Gasteiger partial charge in [0.25, 0.3) is 0 Å². The first-order valence-electron chi connectivity index (χ1n) is 6.29. The maximum atomic E-state index is 13.3. The van der Waals surface area contributed by atoms with Crippen molar-refractivity contribution in [3.63, 3.8) is 0 Å². The molecule has 0 bridgehead atoms. The van der Waals surface area contributed by atoms with Gasteiger partial charge in [-0.15, -0.1) is 0 Å². The maximum Gasteiger partial charge on any atom is 0.123 e. The number of hydrogen-bond acceptors (Lipinski definition) is 2. The van der Waals surface area contributed by atoms with Crippen LogP contribution in [0.2, 0.25) is 0 Å². The van der Waals surface area contributed by atoms with Crippen LogP contribution in [0.3, 0.4) is 0 Å². The van der Waals surface area contributed by atoms with Gasteiger partial charge in [0, 0.05) is 17.0 Å². The molecule has 0 amide bonds. The second-order valence-electron chi connectivity index (χ2n) is 4.91. The zero-order valence-electron chi connectivity index (χ0n) is 10.3. The van der Waals surface area contributed by atoms with Crippen LogP contribution in [0.15, 0.2) is 18.2 Å². The zero-order chi connectivity index (χ0) is 12.3. The highest BCUT2D eigenvalue weighted by Crippen LogP contribution is 2.31. The average Bonchev–Trinajstić information content (AvgIpc) is 2.77. The summed E-state index contributed by atoms with van der Waals surface area (Å²) < 4.78 is 13.3. The number of aryl methyl sites for hydroxylation is 1. The Morgan fingerprint density at radius 2 is 2.06 bits per heavy atom. The number of nitrogens with two attached hydrogens (primary N) is 1. The molecule has 1 nitrogen and oxygen atoms in total. The van der Waals surface area contributed by atoms with Crippen LogP contribution in [0.25, 0.3) is 0 Å². The fraction of sp³-hybridized carbons (Fsp3) is 0.571. The number of hydrogen-bond donors (Lipinski definition) is 1. The molecular formula is C14H20FNS. The van der Waals surface area contributed by atoms with Crippen molar-refractivity contribution in [2.24, 2.45) is 5.73 Å². The molecule has 0 radical (unpaired) electrons. The van der Waals surface area contributed by atoms with Gasteiger partial charge in [-0.3, -0.25) is 0 Å². The smallest absolute Gasteiger partial charge is 0.123 e. The first-order chi connectivity index (χ1) is 8.15. The first kappa shape index (κ1) is 12.9. The Labute approximate surface area is 107 Å². The third kappa shape index (κ3) is 3.71. The number of benzene rings is 1. The Balaban J connectivity index is 1.91. The molecule has 1 aromatic carbocycles. The van der Waals surface area contributed by atoms with Crippen LogP contribution in [0.5, 0.6) is 0 Å². The Kier molecular flexibility index (Phi) is 4.46. The topological polar surface area (TPSA) is 26.0 Å². The van der Waals surface area contributed by atoms with Gasteiger partial charge in [0.15, 0.2) is 0 Å². The molecule has 1 unspecified atom stereocenters. The number of rotatable bonds is 4. The molecular weight excluding hydrogens is 233 g/mol. The lowest BCUT2D eigenvalue weighted by molar-refractivity contribution is 0.621. The van der Waals surface area contributed by atoms with Crippen LogP contribution >= 0.6 is 11.8 Å². The molecule has 1 saturated carbocycles. The van der Waals surface area contributed by atoms with Gasteiger partial charge in [-0.25, -0.2) is 4.39 Å². The van der Waals surface area contributed by atoms with E-state index in [9.17, 15) is 4.39 Å². The maximum absolute atomic E-state index is 13.3. The molecule has 1 fully saturated rings. The van der Waals surface area contributed by atoms with Crippen molar-refractivity contribution in [2.45, 2.75) is 43.9 Å². The third-order valence-electron chi connectivity index (χ3n) is 3.31. The second kappa shape index (κ2) is 5.87. The Morgan fingerprint density at radius 1 is 1.35 bits per heavy atom. The van der Waals surface area contributed by atoms with E-state index in [1.54, 1.807) is 12.1 Å². The summed E-state index contributed by atoms with van der Waals surface area (Å²) in [6.07, 6.45) is 5.34. The zero-order valence-corrected chi connectivity index (χ0v) is 11.1. The third-order valence-corrected chi connectivity index (χ3v) is 4.80. The van der Waals surface area contributed by atoms with Crippen LogP contribution in [0.4, 0.5) is 4.39 Å². The summed E-state index contributed by atoms with van der Waals surface area (Å²) in [4.78, 5) is 0. The second-order valence-corrected chi connectivity index (χ2v) is 6.24. The minimum Gasteiger partial charge on any atom is -0.323 e. The number of halogens is 1. The van der Waals surface area contributed by atoms with Crippen molar-refractivity contribution in [1.29, 1.82) is 0 Å². The highest BCUT2D eigenvalue weighted by atomic mass is 32.2. The van der Waals surface area contributed by atoms with Crippen molar-refractivity contribution in [3.8, 4) is 0 Å². The predicted octanol–water partition coefficient (Wildman–Crippen LogP) is 3.81. The Morgan fingerprint density at radius 3 is 2.71 bits per heavy atom. The van der Waals surface area contributed by atoms with Gasteiger partial charge in [0.2, 0.25) is 0 Å². The molecule has 0 spiro atoms. The average molecular weight is 253 g/mol. The van der Waals surface area contributed by atoms with Gasteiger partial charge in [-0.1, -0.05) is 18.9 Å². The first-order valence-corrected chi connectivity index (χ1v) is 7.34. The van der Waals surface area contributed by atoms with Crippen LogP contribution in [0.1, 0.15) is 42.9 Å². The normalized spacial score (nSPS) is 18.5. The Bertz CT molecular complexity index is 354. The summed E-state index contributed by atoms with van der Waals surface area (Å²) in [6, 6.07) is 5.05. The van der Waals surface area contributed by atoms with Crippen molar-refractivity contribution in [3.05, 3.63) is 35.1 Å². The molecule has 2 rings (SSSR count). The van der Waals surface area contributed by atoms with Crippen molar-refractivity contribution in [2.75, 3.05) is 5.75 Å². The fourth-order valence-corrected chi connectivity index (χ4v) is 3.71. The lowest BCUT2D eigenvalue weighted by Gasteiger charge is -2.15. The lowest BCUT2D eigenvalue weighted by atomic mass is 10.1. The molecule has 17 heavy (non-hydrogen) atoms. The molecule has 1 aliphatic rings. The van der Waals surface area contributed by atoms with Gasteiger partial charge in [-0.2, -0.15) is 11.8 Å². The van der Waals surface area contributed by atoms with Crippen LogP contribution < -0.4 is 5.73 Å². The molecule has 94 valence electrons. The molecule has 0 aromatic heterocycles. The van der Waals surface area contributed by atoms with E-state index in [4.69, 9.17) is 5.73 Å². The lowest BCUT2D eigenvalue weighted by Crippen LogP contribution is -2.15. The van der Waals surface area contributed by atoms with E-state index in [2.05, 4.69) is 0 Å². The summed E-state index contributed by atoms with van der Waals surface area (Å²) in [5, 5.41) is 0.774. The van der Waals surface area contributed by atoms with Gasteiger partial charge in [-0.05, 0) is 43.0 Å². The summed E-state index contributed by atoms with van der Waals surface area (Å²) in [7, 11) is 0. The van der Waals surface area contributed by atoms with Crippen molar-refractivity contribution < 1.29 is 4.39 Å². The highest BCUT2D eigenvalue weighted by molar-refractivity contribution is 7.99. The standard InChI is InChI=1S/C14H20FNS/c1-10-6-11(8-12(15)7-10)14(16)9-17-13-4-2-3-5-13/h6-8,13-14H,2-5,9,16H2,1H3. The van der Waals surface area contributed by atoms with Crippen LogP contribution in [-0.2, 0) is 0 Å². The SMILES string of the molecule is Cc1cc(F)cc(C(N)CSC2CCCC2)c1. The van der Waals surface area contributed by atoms with Crippen LogP contribution in [-0.4, -0.2) is 11.0 Å². The van der Waals surface area contributed by atoms with E-state index in [-0.39, 0.29) is 11.9 Å². The molecule has 1 atom stereocenters. The minimum absolute atomic E-state index is 0.0463. The highest BCUT2D eigenvalue weighted by Gasteiger charge is 2.17. The number of thioether (sulfide) groups is 1. The van der Waals surface area contributed by atoms with E-state index < -0.39 is 0 Å². The van der Waals surface area contributed by atoms with Crippen molar-refractivity contribution >= 4 is 11.8 Å². The van der Waals surface area contributed by atoms with E-state index in [0.29, 0.717) is 0 Å². The molecule has 0 aliphatic heterocycles. The van der Waals surface area contributed by atoms with Gasteiger partial charge < -0.3 is 5.73 Å². The summed E-state index contributed by atoms with van der Waals surface area (Å²) in [5.41, 5.74) is 7.99. The largest absolute Gasteiger partial charge is 0.323 e. The molecule has 1 aromatic rings. The van der Waals surface area contributed by atoms with E-state index in [1.807, 2.05) is 24.8 Å². The molecule has 0 heterocycles. The van der Waals surface area contributed by atoms with E-state index >= 15 is 0 Å². The minimum atomic E-state index is -0.179. The van der Waals surface area contributed by atoms with E-state index in [0.717, 1.165) is 22.1 Å². The van der Waals surface area contributed by atoms with E-state index in [1.165, 1.54) is 25.7 Å². The van der Waals surface area contributed by atoms with Crippen molar-refractivity contribution in [1.82, 2.24) is 0 Å². The van der Waals surface area contributed by atoms with Crippen LogP contribution in [0, 0.1) is 12.7 Å². The summed E-state index contributed by atoms with van der Waals surface area (Å²) in [5.74, 6) is 0.717. The Hall–Kier alpha value is -0.540.